The number of ether oxygens (including phenoxy) is 1. The molecule has 4 nitrogen and oxygen atoms in total. The normalized spacial score (nSPS) is 10.9. The predicted octanol–water partition coefficient (Wildman–Crippen LogP) is 3.32. The number of halogens is 1. The molecular formula is C13H19FN2O2. The molecule has 0 fully saturated rings. The van der Waals surface area contributed by atoms with E-state index in [-0.39, 0.29) is 0 Å². The molecule has 1 amide bonds. The van der Waals surface area contributed by atoms with Gasteiger partial charge in [0.15, 0.2) is 0 Å². The van der Waals surface area contributed by atoms with E-state index in [4.69, 9.17) is 4.74 Å². The first-order valence-corrected chi connectivity index (χ1v) is 5.72. The Labute approximate surface area is 106 Å². The van der Waals surface area contributed by atoms with E-state index >= 15 is 0 Å². The Hall–Kier alpha value is -1.78. The van der Waals surface area contributed by atoms with Crippen molar-refractivity contribution in [3.63, 3.8) is 0 Å². The van der Waals surface area contributed by atoms with Gasteiger partial charge in [-0.1, -0.05) is 12.1 Å². The lowest BCUT2D eigenvalue weighted by molar-refractivity contribution is 0.0541. The molecule has 0 aliphatic heterocycles. The summed E-state index contributed by atoms with van der Waals surface area (Å²) in [4.78, 5) is 11.4. The van der Waals surface area contributed by atoms with Crippen molar-refractivity contribution in [3.8, 4) is 0 Å². The van der Waals surface area contributed by atoms with Gasteiger partial charge in [0.2, 0.25) is 0 Å². The van der Waals surface area contributed by atoms with Crippen LogP contribution in [0.3, 0.4) is 0 Å². The summed E-state index contributed by atoms with van der Waals surface area (Å²) in [7, 11) is 0. The second-order valence-corrected chi connectivity index (χ2v) is 5.03. The van der Waals surface area contributed by atoms with Crippen LogP contribution >= 0.6 is 0 Å². The predicted molar refractivity (Wildman–Crippen MR) is 69.0 cm³/mol. The highest BCUT2D eigenvalue weighted by molar-refractivity contribution is 5.70. The van der Waals surface area contributed by atoms with Crippen LogP contribution in [0.2, 0.25) is 0 Å². The molecule has 0 aromatic heterocycles. The van der Waals surface area contributed by atoms with E-state index in [1.807, 2.05) is 6.92 Å². The largest absolute Gasteiger partial charge is 0.443 e. The number of amides is 1. The van der Waals surface area contributed by atoms with Crippen LogP contribution in [-0.2, 0) is 11.4 Å². The molecule has 1 aromatic rings. The maximum atomic E-state index is 12.4. The number of carbonyl (C=O) groups is 1. The first-order chi connectivity index (χ1) is 8.31. The number of aryl methyl sites for hydroxylation is 1. The summed E-state index contributed by atoms with van der Waals surface area (Å²) < 4.78 is 17.5. The van der Waals surface area contributed by atoms with Crippen molar-refractivity contribution in [1.29, 1.82) is 0 Å². The number of alkyl halides is 1. The number of anilines is 1. The third-order valence-corrected chi connectivity index (χ3v) is 2.14. The van der Waals surface area contributed by atoms with Gasteiger partial charge in [-0.3, -0.25) is 5.43 Å². The van der Waals surface area contributed by atoms with Crippen LogP contribution < -0.4 is 10.9 Å². The third kappa shape index (κ3) is 4.61. The monoisotopic (exact) mass is 254 g/mol. The summed E-state index contributed by atoms with van der Waals surface area (Å²) in [5.74, 6) is 0. The van der Waals surface area contributed by atoms with Crippen molar-refractivity contribution in [2.24, 2.45) is 0 Å². The number of carbonyl (C=O) groups excluding carboxylic acids is 1. The summed E-state index contributed by atoms with van der Waals surface area (Å²) in [6.45, 7) is 6.69. The molecule has 5 heteroatoms. The molecule has 0 heterocycles. The second kappa shape index (κ2) is 5.71. The molecule has 1 aromatic carbocycles. The molecule has 0 radical (unpaired) electrons. The van der Waals surface area contributed by atoms with Crippen LogP contribution in [0.25, 0.3) is 0 Å². The summed E-state index contributed by atoms with van der Waals surface area (Å²) in [5, 5.41) is 0. The van der Waals surface area contributed by atoms with E-state index in [0.717, 1.165) is 5.56 Å². The Balaban J connectivity index is 2.56. The van der Waals surface area contributed by atoms with Gasteiger partial charge in [-0.15, -0.1) is 0 Å². The third-order valence-electron chi connectivity index (χ3n) is 2.14. The van der Waals surface area contributed by atoms with Gasteiger partial charge in [0.05, 0.1) is 5.69 Å². The first-order valence-electron chi connectivity index (χ1n) is 5.72. The topological polar surface area (TPSA) is 50.4 Å². The van der Waals surface area contributed by atoms with Crippen LogP contribution in [-0.4, -0.2) is 11.7 Å². The van der Waals surface area contributed by atoms with Gasteiger partial charge < -0.3 is 4.74 Å². The fraction of sp³-hybridized carbons (Fsp3) is 0.462. The van der Waals surface area contributed by atoms with Crippen LogP contribution in [0, 0.1) is 6.92 Å². The van der Waals surface area contributed by atoms with Crippen molar-refractivity contribution in [1.82, 2.24) is 5.43 Å². The molecule has 0 bridgehead atoms. The number of hydrogen-bond acceptors (Lipinski definition) is 3. The van der Waals surface area contributed by atoms with E-state index in [1.54, 1.807) is 39.0 Å². The van der Waals surface area contributed by atoms with Gasteiger partial charge >= 0.3 is 6.09 Å². The zero-order valence-corrected chi connectivity index (χ0v) is 11.1. The van der Waals surface area contributed by atoms with E-state index in [9.17, 15) is 9.18 Å². The zero-order chi connectivity index (χ0) is 13.8. The molecule has 0 aliphatic rings. The second-order valence-electron chi connectivity index (χ2n) is 5.03. The first kappa shape index (κ1) is 14.3. The smallest absolute Gasteiger partial charge is 0.426 e. The fourth-order valence-electron chi connectivity index (χ4n) is 1.37. The Bertz CT molecular complexity index is 427. The number of hydrazine groups is 1. The highest BCUT2D eigenvalue weighted by Gasteiger charge is 2.15. The number of benzene rings is 1. The Morgan fingerprint density at radius 2 is 2.06 bits per heavy atom. The molecule has 0 spiro atoms. The van der Waals surface area contributed by atoms with Gasteiger partial charge in [-0.05, 0) is 44.9 Å². The minimum Gasteiger partial charge on any atom is -0.443 e. The Morgan fingerprint density at radius 3 is 2.56 bits per heavy atom. The van der Waals surface area contributed by atoms with Gasteiger partial charge in [-0.25, -0.2) is 14.6 Å². The molecular weight excluding hydrogens is 235 g/mol. The molecule has 2 N–H and O–H groups in total. The van der Waals surface area contributed by atoms with Crippen LogP contribution in [0.15, 0.2) is 18.2 Å². The van der Waals surface area contributed by atoms with E-state index in [1.165, 1.54) is 0 Å². The van der Waals surface area contributed by atoms with E-state index in [0.29, 0.717) is 11.3 Å². The minimum absolute atomic E-state index is 0.499. The Morgan fingerprint density at radius 1 is 1.39 bits per heavy atom. The fourth-order valence-corrected chi connectivity index (χ4v) is 1.37. The lowest BCUT2D eigenvalue weighted by atomic mass is 10.1. The molecule has 0 unspecified atom stereocenters. The SMILES string of the molecule is Cc1cc(CF)ccc1NNC(=O)OC(C)(C)C. The zero-order valence-electron chi connectivity index (χ0n) is 11.1. The lowest BCUT2D eigenvalue weighted by Gasteiger charge is -2.20. The van der Waals surface area contributed by atoms with Crippen molar-refractivity contribution < 1.29 is 13.9 Å². The van der Waals surface area contributed by atoms with E-state index in [2.05, 4.69) is 10.9 Å². The average molecular weight is 254 g/mol. The van der Waals surface area contributed by atoms with Gasteiger partial charge in [-0.2, -0.15) is 0 Å². The summed E-state index contributed by atoms with van der Waals surface area (Å²) in [5.41, 5.74) is 6.79. The lowest BCUT2D eigenvalue weighted by Crippen LogP contribution is -2.36. The molecule has 0 saturated carbocycles. The quantitative estimate of drug-likeness (QED) is 0.813. The minimum atomic E-state index is -0.559. The highest BCUT2D eigenvalue weighted by Crippen LogP contribution is 2.16. The average Bonchev–Trinajstić information content (AvgIpc) is 2.25. The van der Waals surface area contributed by atoms with Gasteiger partial charge in [0.1, 0.15) is 12.3 Å². The van der Waals surface area contributed by atoms with Crippen LogP contribution in [0.1, 0.15) is 31.9 Å². The maximum Gasteiger partial charge on any atom is 0.426 e. The molecule has 1 rings (SSSR count). The maximum absolute atomic E-state index is 12.4. The van der Waals surface area contributed by atoms with Crippen molar-refractivity contribution in [2.45, 2.75) is 40.0 Å². The van der Waals surface area contributed by atoms with E-state index < -0.39 is 18.4 Å². The molecule has 0 atom stereocenters. The summed E-state index contributed by atoms with van der Waals surface area (Å²) in [6, 6.07) is 5.09. The summed E-state index contributed by atoms with van der Waals surface area (Å²) >= 11 is 0. The molecule has 18 heavy (non-hydrogen) atoms. The van der Waals surface area contributed by atoms with Crippen molar-refractivity contribution >= 4 is 11.8 Å². The Kier molecular flexibility index (Phi) is 4.53. The van der Waals surface area contributed by atoms with Gasteiger partial charge in [0.25, 0.3) is 0 Å². The number of rotatable bonds is 3. The summed E-state index contributed by atoms with van der Waals surface area (Å²) in [6.07, 6.45) is -0.559. The van der Waals surface area contributed by atoms with Crippen molar-refractivity contribution in [3.05, 3.63) is 29.3 Å². The molecule has 100 valence electrons. The highest BCUT2D eigenvalue weighted by atomic mass is 19.1. The molecule has 0 aliphatic carbocycles. The standard InChI is InChI=1S/C13H19FN2O2/c1-9-7-10(8-14)5-6-11(9)15-16-12(17)18-13(2,3)4/h5-7,15H,8H2,1-4H3,(H,16,17). The van der Waals surface area contributed by atoms with Crippen LogP contribution in [0.4, 0.5) is 14.9 Å². The number of hydrogen-bond donors (Lipinski definition) is 2. The molecule has 0 saturated heterocycles. The van der Waals surface area contributed by atoms with Crippen LogP contribution in [0.5, 0.6) is 0 Å². The number of nitrogens with one attached hydrogen (secondary N) is 2. The van der Waals surface area contributed by atoms with Gasteiger partial charge in [0, 0.05) is 0 Å². The van der Waals surface area contributed by atoms with Crippen molar-refractivity contribution in [2.75, 3.05) is 5.43 Å².